The number of hydrazone groups is 1. The molecule has 0 unspecified atom stereocenters. The Hall–Kier alpha value is -3.15. The monoisotopic (exact) mass is 616 g/mol. The molecular weight excluding hydrogens is 592 g/mol. The summed E-state index contributed by atoms with van der Waals surface area (Å²) in [6, 6.07) is 17.8. The van der Waals surface area contributed by atoms with Crippen LogP contribution in [0.25, 0.3) is 0 Å². The molecular formula is C27H25BrN2O6S2. The maximum Gasteiger partial charge on any atom is 0.335 e. The Morgan fingerprint density at radius 3 is 2.45 bits per heavy atom. The molecule has 1 aliphatic heterocycles. The maximum absolute atomic E-state index is 12.2. The highest BCUT2D eigenvalue weighted by molar-refractivity contribution is 9.10. The Bertz CT molecular complexity index is 1300. The number of halogens is 1. The molecule has 4 rings (SSSR count). The Kier molecular flexibility index (Phi) is 9.97. The van der Waals surface area contributed by atoms with Crippen LogP contribution in [0.2, 0.25) is 0 Å². The molecule has 3 aromatic rings. The van der Waals surface area contributed by atoms with Gasteiger partial charge in [-0.3, -0.25) is 4.79 Å². The van der Waals surface area contributed by atoms with Gasteiger partial charge in [-0.25, -0.2) is 10.2 Å². The van der Waals surface area contributed by atoms with Gasteiger partial charge in [0, 0.05) is 11.5 Å². The van der Waals surface area contributed by atoms with E-state index in [4.69, 9.17) is 19.3 Å². The van der Waals surface area contributed by atoms with Crippen molar-refractivity contribution in [2.75, 3.05) is 25.2 Å². The molecule has 0 bridgehead atoms. The third kappa shape index (κ3) is 7.68. The van der Waals surface area contributed by atoms with E-state index in [2.05, 4.69) is 26.5 Å². The minimum Gasteiger partial charge on any atom is -0.493 e. The van der Waals surface area contributed by atoms with E-state index in [1.165, 1.54) is 42.5 Å². The van der Waals surface area contributed by atoms with E-state index in [9.17, 15) is 9.59 Å². The number of ether oxygens (including phenoxy) is 3. The molecule has 3 aromatic carbocycles. The van der Waals surface area contributed by atoms with Crippen LogP contribution < -0.4 is 19.6 Å². The summed E-state index contributed by atoms with van der Waals surface area (Å²) in [7, 11) is 1.52. The number of carboxylic acids is 1. The Morgan fingerprint density at radius 1 is 1.08 bits per heavy atom. The number of carboxylic acid groups (broad SMARTS) is 1. The van der Waals surface area contributed by atoms with Crippen molar-refractivity contribution in [3.63, 3.8) is 0 Å². The summed E-state index contributed by atoms with van der Waals surface area (Å²) >= 11 is 7.37. The summed E-state index contributed by atoms with van der Waals surface area (Å²) in [5.41, 5.74) is 5.40. The van der Waals surface area contributed by atoms with Gasteiger partial charge in [0.25, 0.3) is 5.91 Å². The number of rotatable bonds is 11. The second-order valence-electron chi connectivity index (χ2n) is 8.05. The quantitative estimate of drug-likeness (QED) is 0.207. The number of thioether (sulfide) groups is 2. The summed E-state index contributed by atoms with van der Waals surface area (Å²) in [4.78, 5) is 23.2. The van der Waals surface area contributed by atoms with Gasteiger partial charge in [-0.2, -0.15) is 5.10 Å². The minimum absolute atomic E-state index is 0.156. The molecule has 11 heteroatoms. The topological polar surface area (TPSA) is 106 Å². The fourth-order valence-electron chi connectivity index (χ4n) is 3.49. The first-order valence-electron chi connectivity index (χ1n) is 11.5. The molecule has 1 fully saturated rings. The SMILES string of the molecule is COc1cc(/C=N\NC(=O)COc2ccc(C3SCCS3)cc2)cc(Br)c1OCc1ccc(C(=O)O)cc1. The van der Waals surface area contributed by atoms with Crippen LogP contribution in [0, 0.1) is 0 Å². The van der Waals surface area contributed by atoms with Crippen molar-refractivity contribution in [2.24, 2.45) is 5.10 Å². The Morgan fingerprint density at radius 2 is 1.79 bits per heavy atom. The number of methoxy groups -OCH3 is 1. The number of amides is 1. The van der Waals surface area contributed by atoms with E-state index in [0.29, 0.717) is 31.9 Å². The van der Waals surface area contributed by atoms with Gasteiger partial charge < -0.3 is 19.3 Å². The minimum atomic E-state index is -0.981. The largest absolute Gasteiger partial charge is 0.493 e. The van der Waals surface area contributed by atoms with Crippen LogP contribution in [-0.4, -0.2) is 48.4 Å². The highest BCUT2D eigenvalue weighted by atomic mass is 79.9. The number of nitrogens with one attached hydrogen (secondary N) is 1. The van der Waals surface area contributed by atoms with Gasteiger partial charge in [0.15, 0.2) is 18.1 Å². The van der Waals surface area contributed by atoms with Crippen LogP contribution in [0.15, 0.2) is 70.2 Å². The van der Waals surface area contributed by atoms with E-state index in [1.807, 2.05) is 47.8 Å². The molecule has 38 heavy (non-hydrogen) atoms. The zero-order chi connectivity index (χ0) is 26.9. The van der Waals surface area contributed by atoms with Crippen LogP contribution in [0.5, 0.6) is 17.2 Å². The van der Waals surface area contributed by atoms with Crippen LogP contribution in [0.4, 0.5) is 0 Å². The zero-order valence-corrected chi connectivity index (χ0v) is 23.6. The molecule has 1 aliphatic rings. The van der Waals surface area contributed by atoms with Crippen LogP contribution >= 0.6 is 39.5 Å². The number of carbonyl (C=O) groups is 2. The average Bonchev–Trinajstić information content (AvgIpc) is 3.47. The summed E-state index contributed by atoms with van der Waals surface area (Å²) in [6.07, 6.45) is 1.49. The Balaban J connectivity index is 1.28. The highest BCUT2D eigenvalue weighted by Gasteiger charge is 2.18. The number of nitrogens with zero attached hydrogens (tertiary/aromatic N) is 1. The smallest absolute Gasteiger partial charge is 0.335 e. The lowest BCUT2D eigenvalue weighted by Gasteiger charge is -2.13. The lowest BCUT2D eigenvalue weighted by Crippen LogP contribution is -2.24. The van der Waals surface area contributed by atoms with E-state index >= 15 is 0 Å². The molecule has 0 aliphatic carbocycles. The molecule has 8 nitrogen and oxygen atoms in total. The van der Waals surface area contributed by atoms with E-state index in [-0.39, 0.29) is 24.7 Å². The normalized spacial score (nSPS) is 13.4. The molecule has 1 heterocycles. The maximum atomic E-state index is 12.2. The van der Waals surface area contributed by atoms with Crippen molar-refractivity contribution < 1.29 is 28.9 Å². The van der Waals surface area contributed by atoms with E-state index in [0.717, 1.165) is 5.56 Å². The molecule has 2 N–H and O–H groups in total. The summed E-state index contributed by atoms with van der Waals surface area (Å²) in [6.45, 7) is 0.0659. The fraction of sp³-hybridized carbons (Fsp3) is 0.222. The fourth-order valence-corrected chi connectivity index (χ4v) is 6.92. The second-order valence-corrected chi connectivity index (χ2v) is 11.6. The predicted octanol–water partition coefficient (Wildman–Crippen LogP) is 5.74. The van der Waals surface area contributed by atoms with Crippen molar-refractivity contribution in [2.45, 2.75) is 11.2 Å². The van der Waals surface area contributed by atoms with Gasteiger partial charge in [0.1, 0.15) is 12.4 Å². The lowest BCUT2D eigenvalue weighted by atomic mass is 10.1. The zero-order valence-electron chi connectivity index (χ0n) is 20.4. The highest BCUT2D eigenvalue weighted by Crippen LogP contribution is 2.45. The van der Waals surface area contributed by atoms with Crippen LogP contribution in [-0.2, 0) is 11.4 Å². The lowest BCUT2D eigenvalue weighted by molar-refractivity contribution is -0.123. The molecule has 0 atom stereocenters. The third-order valence-corrected chi connectivity index (χ3v) is 9.08. The van der Waals surface area contributed by atoms with Gasteiger partial charge in [-0.05, 0) is 69.0 Å². The molecule has 0 aromatic heterocycles. The van der Waals surface area contributed by atoms with Gasteiger partial charge in [-0.1, -0.05) is 24.3 Å². The van der Waals surface area contributed by atoms with Crippen molar-refractivity contribution in [1.82, 2.24) is 5.43 Å². The molecule has 198 valence electrons. The van der Waals surface area contributed by atoms with Crippen LogP contribution in [0.1, 0.15) is 31.6 Å². The standard InChI is InChI=1S/C27H25BrN2O6S2/c1-34-23-13-18(12-22(28)25(23)36-15-17-2-4-19(5-3-17)26(32)33)14-29-30-24(31)16-35-21-8-6-20(7-9-21)27-37-10-11-38-27/h2-9,12-14,27H,10-11,15-16H2,1H3,(H,30,31)(H,32,33)/b29-14-. The number of hydrogen-bond donors (Lipinski definition) is 2. The number of benzene rings is 3. The first-order chi connectivity index (χ1) is 18.4. The number of hydrogen-bond acceptors (Lipinski definition) is 8. The molecule has 0 radical (unpaired) electrons. The molecule has 0 spiro atoms. The second kappa shape index (κ2) is 13.6. The summed E-state index contributed by atoms with van der Waals surface area (Å²) in [5.74, 6) is 2.56. The van der Waals surface area contributed by atoms with Gasteiger partial charge in [0.2, 0.25) is 0 Å². The van der Waals surface area contributed by atoms with E-state index in [1.54, 1.807) is 24.3 Å². The summed E-state index contributed by atoms with van der Waals surface area (Å²) < 4.78 is 18.0. The van der Waals surface area contributed by atoms with Crippen molar-refractivity contribution in [3.05, 3.63) is 87.4 Å². The van der Waals surface area contributed by atoms with Gasteiger partial charge in [-0.15, -0.1) is 23.5 Å². The van der Waals surface area contributed by atoms with Crippen molar-refractivity contribution in [1.29, 1.82) is 0 Å². The van der Waals surface area contributed by atoms with Crippen LogP contribution in [0.3, 0.4) is 0 Å². The van der Waals surface area contributed by atoms with Crippen molar-refractivity contribution in [3.8, 4) is 17.2 Å². The number of aromatic carboxylic acids is 1. The molecule has 1 saturated heterocycles. The number of carbonyl (C=O) groups excluding carboxylic acids is 1. The van der Waals surface area contributed by atoms with Gasteiger partial charge >= 0.3 is 5.97 Å². The Labute approximate surface area is 237 Å². The first kappa shape index (κ1) is 27.9. The van der Waals surface area contributed by atoms with E-state index < -0.39 is 5.97 Å². The average molecular weight is 618 g/mol. The van der Waals surface area contributed by atoms with Gasteiger partial charge in [0.05, 0.1) is 27.9 Å². The molecule has 0 saturated carbocycles. The predicted molar refractivity (Wildman–Crippen MR) is 154 cm³/mol. The van der Waals surface area contributed by atoms with Crippen molar-refractivity contribution >= 4 is 57.5 Å². The molecule has 1 amide bonds. The summed E-state index contributed by atoms with van der Waals surface area (Å²) in [5, 5.41) is 13.0. The first-order valence-corrected chi connectivity index (χ1v) is 14.4. The third-order valence-electron chi connectivity index (χ3n) is 5.38.